The van der Waals surface area contributed by atoms with Crippen molar-refractivity contribution in [2.24, 2.45) is 5.92 Å². The molecule has 1 saturated carbocycles. The van der Waals surface area contributed by atoms with Crippen LogP contribution in [0.5, 0.6) is 0 Å². The number of β-lactam (4-membered cyclic amide) rings is 1. The summed E-state index contributed by atoms with van der Waals surface area (Å²) in [6.07, 6.45) is 2.22. The fourth-order valence-electron chi connectivity index (χ4n) is 5.92. The summed E-state index contributed by atoms with van der Waals surface area (Å²) >= 11 is 9.41. The maximum absolute atomic E-state index is 16.0. The Kier molecular flexibility index (Phi) is 8.84. The Morgan fingerprint density at radius 3 is 2.56 bits per heavy atom. The van der Waals surface area contributed by atoms with Crippen LogP contribution < -0.4 is 15.6 Å². The topological polar surface area (TPSA) is 152 Å². The van der Waals surface area contributed by atoms with E-state index in [1.807, 2.05) is 0 Å². The van der Waals surface area contributed by atoms with Crippen molar-refractivity contribution in [2.75, 3.05) is 29.5 Å². The number of carbonyl (C=O) groups excluding carboxylic acids is 1. The molecule has 45 heavy (non-hydrogen) atoms. The molecule has 17 heteroatoms. The fraction of sp³-hybridized carbons (Fsp3) is 0.464. The molecular formula is C28H28F2N4O7S4. The summed E-state index contributed by atoms with van der Waals surface area (Å²) in [5, 5.41) is 31.5. The smallest absolute Gasteiger partial charge is 0.354 e. The Morgan fingerprint density at radius 1 is 1.18 bits per heavy atom. The molecule has 0 radical (unpaired) electrons. The van der Waals surface area contributed by atoms with Crippen molar-refractivity contribution < 1.29 is 38.5 Å². The van der Waals surface area contributed by atoms with Crippen molar-refractivity contribution in [1.29, 1.82) is 0 Å². The fourth-order valence-corrected chi connectivity index (χ4v) is 10.1. The largest absolute Gasteiger partial charge is 0.477 e. The number of thioether (sulfide) groups is 3. The van der Waals surface area contributed by atoms with Gasteiger partial charge in [0, 0.05) is 42.9 Å². The molecule has 3 aliphatic heterocycles. The number of aromatic nitrogens is 1. The number of aromatic carboxylic acids is 1. The van der Waals surface area contributed by atoms with Crippen molar-refractivity contribution in [3.05, 3.63) is 49.6 Å². The Bertz CT molecular complexity index is 1730. The lowest BCUT2D eigenvalue weighted by Gasteiger charge is -2.43. The average molecular weight is 699 g/mol. The zero-order chi connectivity index (χ0) is 32.3. The molecule has 2 saturated heterocycles. The van der Waals surface area contributed by atoms with E-state index < -0.39 is 57.9 Å². The number of benzene rings is 1. The van der Waals surface area contributed by atoms with E-state index in [1.165, 1.54) is 51.7 Å². The minimum absolute atomic E-state index is 0.0572. The first-order valence-electron chi connectivity index (χ1n) is 14.2. The lowest BCUT2D eigenvalue weighted by atomic mass is 9.92. The van der Waals surface area contributed by atoms with Crippen LogP contribution in [0.2, 0.25) is 0 Å². The van der Waals surface area contributed by atoms with Gasteiger partial charge in [-0.25, -0.2) is 18.4 Å². The van der Waals surface area contributed by atoms with Gasteiger partial charge in [-0.2, -0.15) is 0 Å². The number of carboxylic acid groups (broad SMARTS) is 2. The zero-order valence-electron chi connectivity index (χ0n) is 23.7. The van der Waals surface area contributed by atoms with E-state index in [1.54, 1.807) is 4.90 Å². The van der Waals surface area contributed by atoms with Gasteiger partial charge in [-0.1, -0.05) is 35.7 Å². The minimum Gasteiger partial charge on any atom is -0.477 e. The first-order valence-corrected chi connectivity index (χ1v) is 17.4. The summed E-state index contributed by atoms with van der Waals surface area (Å²) in [4.78, 5) is 51.4. The number of aliphatic carboxylic acids is 1. The van der Waals surface area contributed by atoms with Crippen LogP contribution in [-0.2, 0) is 9.59 Å². The predicted octanol–water partition coefficient (Wildman–Crippen LogP) is 3.40. The summed E-state index contributed by atoms with van der Waals surface area (Å²) in [6, 6.07) is 0.567. The number of thiocarbonyl (C=S) groups is 1. The molecule has 0 bridgehead atoms. The second-order valence-electron chi connectivity index (χ2n) is 11.2. The molecule has 0 spiro atoms. The van der Waals surface area contributed by atoms with Gasteiger partial charge in [0.15, 0.2) is 11.5 Å². The molecule has 3 fully saturated rings. The molecule has 11 nitrogen and oxygen atoms in total. The average Bonchev–Trinajstić information content (AvgIpc) is 3.62. The highest BCUT2D eigenvalue weighted by atomic mass is 32.2. The van der Waals surface area contributed by atoms with Crippen molar-refractivity contribution in [3.8, 4) is 0 Å². The van der Waals surface area contributed by atoms with Gasteiger partial charge in [-0.3, -0.25) is 14.5 Å². The van der Waals surface area contributed by atoms with Crippen LogP contribution in [0.1, 0.15) is 42.6 Å². The van der Waals surface area contributed by atoms with Gasteiger partial charge in [-0.15, -0.1) is 11.8 Å². The maximum Gasteiger partial charge on any atom is 0.354 e. The van der Waals surface area contributed by atoms with Crippen molar-refractivity contribution in [2.45, 2.75) is 49.7 Å². The number of aliphatic hydroxyl groups is 1. The molecule has 1 aromatic carbocycles. The van der Waals surface area contributed by atoms with E-state index in [0.717, 1.165) is 12.3 Å². The molecule has 4 N–H and O–H groups in total. The van der Waals surface area contributed by atoms with E-state index in [9.17, 15) is 34.5 Å². The highest BCUT2D eigenvalue weighted by Crippen LogP contribution is 2.53. The molecule has 4 aliphatic rings. The number of hydrogen-bond acceptors (Lipinski definition) is 10. The molecule has 4 atom stereocenters. The van der Waals surface area contributed by atoms with Crippen LogP contribution in [0.15, 0.2) is 27.0 Å². The number of hydrogen-bond donors (Lipinski definition) is 4. The Morgan fingerprint density at radius 2 is 1.91 bits per heavy atom. The summed E-state index contributed by atoms with van der Waals surface area (Å²) in [5.74, 6) is -4.47. The zero-order valence-corrected chi connectivity index (χ0v) is 27.0. The van der Waals surface area contributed by atoms with Crippen LogP contribution in [0.4, 0.5) is 14.5 Å². The SMILES string of the molecule is C[C@@H](O)[C@@H]1C(=O)N2C(C(=O)O)=C(SCCSC(=S)NC3CCN(c4c(F)cc5c(=O)c(C(=O)O)cn(C6CC6)c5c4F)C3)S[C@H]12. The monoisotopic (exact) mass is 698 g/mol. The number of nitrogens with one attached hydrogen (secondary N) is 1. The van der Waals surface area contributed by atoms with E-state index in [2.05, 4.69) is 5.32 Å². The molecule has 1 amide bonds. The maximum atomic E-state index is 16.0. The molecule has 6 rings (SSSR count). The van der Waals surface area contributed by atoms with Crippen LogP contribution >= 0.6 is 47.5 Å². The quantitative estimate of drug-likeness (QED) is 0.163. The number of rotatable bonds is 10. The van der Waals surface area contributed by atoms with Crippen LogP contribution in [0, 0.1) is 17.6 Å². The van der Waals surface area contributed by atoms with Crippen molar-refractivity contribution in [3.63, 3.8) is 0 Å². The number of pyridine rings is 1. The number of fused-ring (bicyclic) bond motifs is 2. The summed E-state index contributed by atoms with van der Waals surface area (Å²) in [5.41, 5.74) is -1.87. The standard InChI is InChI=1S/C28H28F2N4O7S4/c1-11(35)17-23(37)34-21(26(40)41)27(45-24(17)34)43-6-7-44-28(42)31-12-4-5-32(9-12)20-16(29)8-14-19(18(20)30)33(13-2-3-13)10-15(22(14)36)25(38)39/h8,10-13,17,24,35H,2-7,9H2,1H3,(H,31,42)(H,38,39)(H,40,41)/t11-,12?,17-,24-/m1/s1. The summed E-state index contributed by atoms with van der Waals surface area (Å²) < 4.78 is 33.7. The van der Waals surface area contributed by atoms with Crippen LogP contribution in [-0.4, -0.2) is 89.1 Å². The van der Waals surface area contributed by atoms with Gasteiger partial charge in [0.05, 0.1) is 27.2 Å². The van der Waals surface area contributed by atoms with Gasteiger partial charge in [0.25, 0.3) is 0 Å². The van der Waals surface area contributed by atoms with Crippen molar-refractivity contribution in [1.82, 2.24) is 14.8 Å². The number of halogens is 2. The predicted molar refractivity (Wildman–Crippen MR) is 173 cm³/mol. The second-order valence-corrected chi connectivity index (χ2v) is 15.5. The normalized spacial score (nSPS) is 23.4. The Labute approximate surface area is 273 Å². The van der Waals surface area contributed by atoms with Gasteiger partial charge in [0.2, 0.25) is 11.3 Å². The number of carboxylic acids is 2. The Balaban J connectivity index is 1.07. The van der Waals surface area contributed by atoms with Gasteiger partial charge in [0.1, 0.15) is 26.8 Å². The lowest BCUT2D eigenvalue weighted by Crippen LogP contribution is -2.60. The van der Waals surface area contributed by atoms with Gasteiger partial charge >= 0.3 is 11.9 Å². The number of carbonyl (C=O) groups is 3. The molecule has 1 aliphatic carbocycles. The number of amides is 1. The number of aliphatic hydroxyl groups excluding tert-OH is 1. The molecule has 1 aromatic heterocycles. The summed E-state index contributed by atoms with van der Waals surface area (Å²) in [7, 11) is 0. The van der Waals surface area contributed by atoms with E-state index in [0.29, 0.717) is 45.9 Å². The van der Waals surface area contributed by atoms with Crippen LogP contribution in [0.3, 0.4) is 0 Å². The Hall–Kier alpha value is -2.86. The van der Waals surface area contributed by atoms with E-state index in [-0.39, 0.29) is 40.9 Å². The highest BCUT2D eigenvalue weighted by Gasteiger charge is 2.57. The number of nitrogens with zero attached hydrogens (tertiary/aromatic N) is 3. The minimum atomic E-state index is -1.45. The first kappa shape index (κ1) is 32.1. The van der Waals surface area contributed by atoms with Gasteiger partial charge < -0.3 is 30.1 Å². The number of anilines is 1. The van der Waals surface area contributed by atoms with Crippen LogP contribution in [0.25, 0.3) is 10.9 Å². The highest BCUT2D eigenvalue weighted by molar-refractivity contribution is 8.25. The third kappa shape index (κ3) is 5.81. The van der Waals surface area contributed by atoms with E-state index in [4.69, 9.17) is 12.2 Å². The lowest BCUT2D eigenvalue weighted by molar-refractivity contribution is -0.156. The second kappa shape index (κ2) is 12.4. The summed E-state index contributed by atoms with van der Waals surface area (Å²) in [6.45, 7) is 2.09. The van der Waals surface area contributed by atoms with E-state index >= 15 is 8.78 Å². The third-order valence-corrected chi connectivity index (χ3v) is 12.4. The molecule has 2 aromatic rings. The molecule has 4 heterocycles. The van der Waals surface area contributed by atoms with Crippen molar-refractivity contribution >= 4 is 86.3 Å². The first-order chi connectivity index (χ1) is 21.4. The van der Waals surface area contributed by atoms with Gasteiger partial charge in [-0.05, 0) is 32.3 Å². The third-order valence-electron chi connectivity index (χ3n) is 8.20. The molecular weight excluding hydrogens is 671 g/mol. The molecule has 240 valence electrons. The molecule has 1 unspecified atom stereocenters.